The summed E-state index contributed by atoms with van der Waals surface area (Å²) in [6, 6.07) is 0.306. The molecule has 0 saturated heterocycles. The normalized spacial score (nSPS) is 14.9. The predicted molar refractivity (Wildman–Crippen MR) is 50.1 cm³/mol. The second kappa shape index (κ2) is 4.85. The van der Waals surface area contributed by atoms with Crippen LogP contribution in [0.15, 0.2) is 5.16 Å². The third kappa shape index (κ3) is 3.46. The van der Waals surface area contributed by atoms with Crippen molar-refractivity contribution in [2.75, 3.05) is 7.05 Å². The zero-order valence-electron chi connectivity index (χ0n) is 8.28. The van der Waals surface area contributed by atoms with Crippen molar-refractivity contribution in [3.05, 3.63) is 0 Å². The molecule has 12 heavy (non-hydrogen) atoms. The highest BCUT2D eigenvalue weighted by atomic mass is 16.4. The number of hydrogen-bond donors (Lipinski definition) is 2. The molecule has 0 radical (unpaired) electrons. The topological polar surface area (TPSA) is 61.8 Å². The molecule has 4 heteroatoms. The first-order valence-electron chi connectivity index (χ1n) is 4.19. The molecule has 0 aromatic carbocycles. The zero-order chi connectivity index (χ0) is 9.72. The van der Waals surface area contributed by atoms with Crippen LogP contribution in [-0.2, 0) is 0 Å². The molecule has 0 aromatic rings. The van der Waals surface area contributed by atoms with Crippen LogP contribution >= 0.6 is 0 Å². The largest absolute Gasteiger partial charge is 0.408 e. The molecule has 1 atom stereocenters. The van der Waals surface area contributed by atoms with Gasteiger partial charge in [-0.2, -0.15) is 0 Å². The van der Waals surface area contributed by atoms with Gasteiger partial charge in [-0.25, -0.2) is 0 Å². The van der Waals surface area contributed by atoms with E-state index >= 15 is 0 Å². The fourth-order valence-electron chi connectivity index (χ4n) is 1.14. The minimum absolute atomic E-state index is 0.170. The molecule has 0 heterocycles. The van der Waals surface area contributed by atoms with Crippen LogP contribution < -0.4 is 5.73 Å². The summed E-state index contributed by atoms with van der Waals surface area (Å²) < 4.78 is 0. The average Bonchev–Trinajstić information content (AvgIpc) is 2.00. The van der Waals surface area contributed by atoms with Crippen molar-refractivity contribution in [3.8, 4) is 0 Å². The summed E-state index contributed by atoms with van der Waals surface area (Å²) in [7, 11) is 1.82. The molecule has 0 aliphatic heterocycles. The number of rotatable bonds is 3. The monoisotopic (exact) mass is 173 g/mol. The van der Waals surface area contributed by atoms with Gasteiger partial charge in [-0.3, -0.25) is 0 Å². The van der Waals surface area contributed by atoms with Crippen LogP contribution in [0, 0.1) is 5.92 Å². The van der Waals surface area contributed by atoms with Crippen molar-refractivity contribution in [2.45, 2.75) is 33.2 Å². The molecule has 0 aliphatic rings. The Bertz CT molecular complexity index is 156. The van der Waals surface area contributed by atoms with Crippen molar-refractivity contribution in [1.29, 1.82) is 0 Å². The highest BCUT2D eigenvalue weighted by Gasteiger charge is 2.12. The lowest BCUT2D eigenvalue weighted by atomic mass is 10.0. The van der Waals surface area contributed by atoms with E-state index in [1.165, 1.54) is 0 Å². The first kappa shape index (κ1) is 11.1. The molecule has 0 aliphatic carbocycles. The smallest absolute Gasteiger partial charge is 0.233 e. The van der Waals surface area contributed by atoms with Crippen LogP contribution in [0.4, 0.5) is 0 Å². The van der Waals surface area contributed by atoms with E-state index in [2.05, 4.69) is 25.9 Å². The molecule has 0 saturated carbocycles. The Morgan fingerprint density at radius 1 is 1.50 bits per heavy atom. The van der Waals surface area contributed by atoms with E-state index in [1.807, 2.05) is 7.05 Å². The second-order valence-corrected chi connectivity index (χ2v) is 3.55. The maximum atomic E-state index is 8.41. The van der Waals surface area contributed by atoms with E-state index in [0.717, 1.165) is 6.42 Å². The molecular formula is C8H19N3O. The van der Waals surface area contributed by atoms with Gasteiger partial charge >= 0.3 is 0 Å². The highest BCUT2D eigenvalue weighted by Crippen LogP contribution is 2.08. The molecule has 0 spiro atoms. The molecule has 0 aromatic heterocycles. The number of nitrogens with zero attached hydrogens (tertiary/aromatic N) is 2. The van der Waals surface area contributed by atoms with E-state index in [9.17, 15) is 0 Å². The van der Waals surface area contributed by atoms with Crippen molar-refractivity contribution < 1.29 is 5.21 Å². The van der Waals surface area contributed by atoms with Crippen LogP contribution in [0.3, 0.4) is 0 Å². The molecule has 0 bridgehead atoms. The van der Waals surface area contributed by atoms with Gasteiger partial charge in [-0.05, 0) is 19.3 Å². The molecule has 0 fully saturated rings. The Morgan fingerprint density at radius 3 is 2.33 bits per heavy atom. The van der Waals surface area contributed by atoms with Crippen molar-refractivity contribution in [1.82, 2.24) is 4.90 Å². The van der Waals surface area contributed by atoms with Crippen LogP contribution in [0.5, 0.6) is 0 Å². The van der Waals surface area contributed by atoms with E-state index in [1.54, 1.807) is 4.90 Å². The average molecular weight is 173 g/mol. The Balaban J connectivity index is 4.01. The Morgan fingerprint density at radius 2 is 2.00 bits per heavy atom. The maximum Gasteiger partial charge on any atom is 0.233 e. The quantitative estimate of drug-likeness (QED) is 0.290. The van der Waals surface area contributed by atoms with Crippen LogP contribution in [-0.4, -0.2) is 29.2 Å². The van der Waals surface area contributed by atoms with Gasteiger partial charge in [0, 0.05) is 13.1 Å². The summed E-state index contributed by atoms with van der Waals surface area (Å²) in [6.45, 7) is 6.35. The molecule has 72 valence electrons. The van der Waals surface area contributed by atoms with Gasteiger partial charge in [-0.1, -0.05) is 19.0 Å². The molecule has 4 nitrogen and oxygen atoms in total. The Kier molecular flexibility index (Phi) is 4.47. The summed E-state index contributed by atoms with van der Waals surface area (Å²) >= 11 is 0. The van der Waals surface area contributed by atoms with Gasteiger partial charge < -0.3 is 15.8 Å². The fraction of sp³-hybridized carbons (Fsp3) is 0.875. The van der Waals surface area contributed by atoms with E-state index < -0.39 is 0 Å². The zero-order valence-corrected chi connectivity index (χ0v) is 8.28. The van der Waals surface area contributed by atoms with Gasteiger partial charge in [0.15, 0.2) is 0 Å². The van der Waals surface area contributed by atoms with Crippen LogP contribution in [0.2, 0.25) is 0 Å². The molecule has 0 rings (SSSR count). The van der Waals surface area contributed by atoms with Crippen LogP contribution in [0.25, 0.3) is 0 Å². The highest BCUT2D eigenvalue weighted by molar-refractivity contribution is 5.77. The minimum atomic E-state index is 0.170. The maximum absolute atomic E-state index is 8.41. The summed E-state index contributed by atoms with van der Waals surface area (Å²) in [5.41, 5.74) is 5.42. The lowest BCUT2D eigenvalue weighted by Gasteiger charge is -2.26. The van der Waals surface area contributed by atoms with Gasteiger partial charge in [0.25, 0.3) is 0 Å². The summed E-state index contributed by atoms with van der Waals surface area (Å²) in [4.78, 5) is 1.76. The van der Waals surface area contributed by atoms with Crippen molar-refractivity contribution in [2.24, 2.45) is 16.8 Å². The molecule has 1 unspecified atom stereocenters. The predicted octanol–water partition coefficient (Wildman–Crippen LogP) is 1.06. The number of nitrogens with two attached hydrogens (primary N) is 1. The van der Waals surface area contributed by atoms with Crippen LogP contribution in [0.1, 0.15) is 27.2 Å². The minimum Gasteiger partial charge on any atom is -0.408 e. The van der Waals surface area contributed by atoms with E-state index in [-0.39, 0.29) is 5.96 Å². The first-order chi connectivity index (χ1) is 5.49. The summed E-state index contributed by atoms with van der Waals surface area (Å²) in [6.07, 6.45) is 1.03. The molecule has 0 amide bonds. The number of hydrogen-bond acceptors (Lipinski definition) is 2. The summed E-state index contributed by atoms with van der Waals surface area (Å²) in [5.74, 6) is 0.789. The van der Waals surface area contributed by atoms with Gasteiger partial charge in [-0.15, -0.1) is 0 Å². The van der Waals surface area contributed by atoms with Gasteiger partial charge in [0.1, 0.15) is 0 Å². The van der Waals surface area contributed by atoms with Crippen molar-refractivity contribution >= 4 is 5.96 Å². The molecule has 3 N–H and O–H groups in total. The van der Waals surface area contributed by atoms with Gasteiger partial charge in [0.2, 0.25) is 5.96 Å². The third-order valence-corrected chi connectivity index (χ3v) is 1.94. The van der Waals surface area contributed by atoms with Crippen molar-refractivity contribution in [3.63, 3.8) is 0 Å². The Hall–Kier alpha value is -0.930. The van der Waals surface area contributed by atoms with Gasteiger partial charge in [0.05, 0.1) is 0 Å². The third-order valence-electron chi connectivity index (χ3n) is 1.94. The molecular weight excluding hydrogens is 154 g/mol. The fourth-order valence-corrected chi connectivity index (χ4v) is 1.14. The standard InChI is InChI=1S/C8H19N3O/c1-6(2)5-7(3)11(4)8(9)10-12/h6-7,12H,5H2,1-4H3,(H2,9,10). The number of guanidine groups is 1. The lowest BCUT2D eigenvalue weighted by Crippen LogP contribution is -2.40. The van der Waals surface area contributed by atoms with E-state index in [4.69, 9.17) is 10.9 Å². The second-order valence-electron chi connectivity index (χ2n) is 3.55. The number of oxime groups is 1. The SMILES string of the molecule is CC(C)CC(C)N(C)C(N)=NO. The first-order valence-corrected chi connectivity index (χ1v) is 4.19. The lowest BCUT2D eigenvalue weighted by molar-refractivity contribution is 0.281. The van der Waals surface area contributed by atoms with E-state index in [0.29, 0.717) is 12.0 Å². The Labute approximate surface area is 74.0 Å². The summed E-state index contributed by atoms with van der Waals surface area (Å²) in [5, 5.41) is 11.3.